The summed E-state index contributed by atoms with van der Waals surface area (Å²) in [6.45, 7) is 7.58. The van der Waals surface area contributed by atoms with Crippen molar-refractivity contribution in [3.63, 3.8) is 0 Å². The summed E-state index contributed by atoms with van der Waals surface area (Å²) in [4.78, 5) is 40.6. The van der Waals surface area contributed by atoms with Crippen LogP contribution in [0, 0.1) is 12.8 Å². The molecule has 3 rings (SSSR count). The molecule has 0 saturated carbocycles. The zero-order chi connectivity index (χ0) is 23.1. The Morgan fingerprint density at radius 1 is 1.06 bits per heavy atom. The van der Waals surface area contributed by atoms with E-state index in [1.54, 1.807) is 4.90 Å². The molecule has 1 atom stereocenters. The van der Waals surface area contributed by atoms with E-state index in [2.05, 4.69) is 67.7 Å². The molecule has 1 aliphatic heterocycles. The van der Waals surface area contributed by atoms with Gasteiger partial charge in [-0.05, 0) is 36.5 Å². The van der Waals surface area contributed by atoms with Crippen LogP contribution in [-0.4, -0.2) is 60.2 Å². The molecule has 1 heterocycles. The standard InChI is InChI=1S/C26H33N3O3/c1-4-12-28-13-14-29(25(31)17-27-20(3)30)18-24(26(28)32)16-21-8-10-22(11-9-21)23-7-5-6-19(2)15-23/h5-11,15,24H,4,12-14,16-18H2,1-3H3,(H,27,30). The number of hydrogen-bond acceptors (Lipinski definition) is 3. The first-order valence-electron chi connectivity index (χ1n) is 11.3. The van der Waals surface area contributed by atoms with Gasteiger partial charge < -0.3 is 15.1 Å². The van der Waals surface area contributed by atoms with Crippen LogP contribution in [-0.2, 0) is 20.8 Å². The highest BCUT2D eigenvalue weighted by molar-refractivity contribution is 5.85. The summed E-state index contributed by atoms with van der Waals surface area (Å²) < 4.78 is 0. The number of benzene rings is 2. The second kappa shape index (κ2) is 10.9. The fourth-order valence-corrected chi connectivity index (χ4v) is 4.17. The second-order valence-corrected chi connectivity index (χ2v) is 8.54. The van der Waals surface area contributed by atoms with Crippen molar-refractivity contribution in [3.8, 4) is 11.1 Å². The van der Waals surface area contributed by atoms with Gasteiger partial charge in [0.05, 0.1) is 12.5 Å². The normalized spacial score (nSPS) is 16.6. The van der Waals surface area contributed by atoms with E-state index in [9.17, 15) is 14.4 Å². The number of aryl methyl sites for hydroxylation is 1. The molecule has 0 spiro atoms. The molecule has 6 heteroatoms. The highest BCUT2D eigenvalue weighted by Crippen LogP contribution is 2.23. The number of nitrogens with zero attached hydrogens (tertiary/aromatic N) is 2. The first-order valence-corrected chi connectivity index (χ1v) is 11.3. The molecular formula is C26H33N3O3. The average Bonchev–Trinajstić information content (AvgIpc) is 2.92. The van der Waals surface area contributed by atoms with Crippen molar-refractivity contribution in [2.24, 2.45) is 5.92 Å². The Labute approximate surface area is 190 Å². The Balaban J connectivity index is 1.75. The van der Waals surface area contributed by atoms with Crippen molar-refractivity contribution in [2.75, 3.05) is 32.7 Å². The van der Waals surface area contributed by atoms with Crippen molar-refractivity contribution in [1.82, 2.24) is 15.1 Å². The van der Waals surface area contributed by atoms with E-state index in [4.69, 9.17) is 0 Å². The summed E-state index contributed by atoms with van der Waals surface area (Å²) in [5.74, 6) is -0.576. The maximum Gasteiger partial charge on any atom is 0.242 e. The molecule has 32 heavy (non-hydrogen) atoms. The van der Waals surface area contributed by atoms with E-state index in [1.165, 1.54) is 18.1 Å². The minimum Gasteiger partial charge on any atom is -0.347 e. The first-order chi connectivity index (χ1) is 15.4. The van der Waals surface area contributed by atoms with Crippen LogP contribution in [0.25, 0.3) is 11.1 Å². The van der Waals surface area contributed by atoms with E-state index < -0.39 is 0 Å². The van der Waals surface area contributed by atoms with Gasteiger partial charge in [-0.25, -0.2) is 0 Å². The van der Waals surface area contributed by atoms with Gasteiger partial charge >= 0.3 is 0 Å². The van der Waals surface area contributed by atoms with Crippen molar-refractivity contribution in [3.05, 3.63) is 59.7 Å². The Morgan fingerprint density at radius 3 is 2.47 bits per heavy atom. The highest BCUT2D eigenvalue weighted by atomic mass is 16.2. The van der Waals surface area contributed by atoms with Crippen LogP contribution in [0.5, 0.6) is 0 Å². The molecule has 6 nitrogen and oxygen atoms in total. The maximum atomic E-state index is 13.2. The maximum absolute atomic E-state index is 13.2. The van der Waals surface area contributed by atoms with Gasteiger partial charge in [0.25, 0.3) is 0 Å². The molecule has 0 aromatic heterocycles. The van der Waals surface area contributed by atoms with Crippen LogP contribution >= 0.6 is 0 Å². The fourth-order valence-electron chi connectivity index (χ4n) is 4.17. The summed E-state index contributed by atoms with van der Waals surface area (Å²) in [5, 5.41) is 2.57. The summed E-state index contributed by atoms with van der Waals surface area (Å²) >= 11 is 0. The predicted octanol–water partition coefficient (Wildman–Crippen LogP) is 3.04. The topological polar surface area (TPSA) is 69.7 Å². The van der Waals surface area contributed by atoms with Crippen molar-refractivity contribution in [2.45, 2.75) is 33.6 Å². The quantitative estimate of drug-likeness (QED) is 0.727. The van der Waals surface area contributed by atoms with Crippen molar-refractivity contribution >= 4 is 17.7 Å². The third kappa shape index (κ3) is 6.19. The van der Waals surface area contributed by atoms with E-state index in [-0.39, 0.29) is 30.2 Å². The second-order valence-electron chi connectivity index (χ2n) is 8.54. The summed E-state index contributed by atoms with van der Waals surface area (Å²) in [5.41, 5.74) is 4.61. The number of hydrogen-bond donors (Lipinski definition) is 1. The molecule has 1 N–H and O–H groups in total. The van der Waals surface area contributed by atoms with Crippen LogP contribution in [0.15, 0.2) is 48.5 Å². The summed E-state index contributed by atoms with van der Waals surface area (Å²) in [6.07, 6.45) is 1.46. The highest BCUT2D eigenvalue weighted by Gasteiger charge is 2.31. The molecule has 0 bridgehead atoms. The van der Waals surface area contributed by atoms with Gasteiger partial charge in [0, 0.05) is 33.1 Å². The van der Waals surface area contributed by atoms with E-state index in [1.807, 2.05) is 4.90 Å². The number of carbonyl (C=O) groups excluding carboxylic acids is 3. The van der Waals surface area contributed by atoms with Gasteiger partial charge in [0.2, 0.25) is 17.7 Å². The van der Waals surface area contributed by atoms with Crippen molar-refractivity contribution < 1.29 is 14.4 Å². The fraction of sp³-hybridized carbons (Fsp3) is 0.423. The lowest BCUT2D eigenvalue weighted by molar-refractivity contribution is -0.135. The number of amides is 3. The molecule has 1 saturated heterocycles. The van der Waals surface area contributed by atoms with Crippen LogP contribution in [0.3, 0.4) is 0 Å². The predicted molar refractivity (Wildman–Crippen MR) is 126 cm³/mol. The van der Waals surface area contributed by atoms with Gasteiger partial charge in [0.1, 0.15) is 0 Å². The summed E-state index contributed by atoms with van der Waals surface area (Å²) in [7, 11) is 0. The lowest BCUT2D eigenvalue weighted by Gasteiger charge is -2.24. The molecular weight excluding hydrogens is 402 g/mol. The molecule has 0 aliphatic carbocycles. The number of rotatable bonds is 7. The molecule has 1 fully saturated rings. The van der Waals surface area contributed by atoms with Gasteiger partial charge in [0.15, 0.2) is 0 Å². The third-order valence-corrected chi connectivity index (χ3v) is 5.86. The largest absolute Gasteiger partial charge is 0.347 e. The monoisotopic (exact) mass is 435 g/mol. The SMILES string of the molecule is CCCN1CCN(C(=O)CNC(C)=O)CC(Cc2ccc(-c3cccc(C)c3)cc2)C1=O. The smallest absolute Gasteiger partial charge is 0.242 e. The molecule has 2 aromatic rings. The average molecular weight is 436 g/mol. The minimum atomic E-state index is -0.296. The van der Waals surface area contributed by atoms with E-state index in [0.717, 1.165) is 17.5 Å². The van der Waals surface area contributed by atoms with Crippen LogP contribution in [0.2, 0.25) is 0 Å². The first kappa shape index (κ1) is 23.5. The lowest BCUT2D eigenvalue weighted by atomic mass is 9.95. The van der Waals surface area contributed by atoms with Gasteiger partial charge in [-0.15, -0.1) is 0 Å². The number of carbonyl (C=O) groups is 3. The minimum absolute atomic E-state index is 0.0325. The van der Waals surface area contributed by atoms with Crippen molar-refractivity contribution in [1.29, 1.82) is 0 Å². The zero-order valence-corrected chi connectivity index (χ0v) is 19.3. The molecule has 1 unspecified atom stereocenters. The Hall–Kier alpha value is -3.15. The van der Waals surface area contributed by atoms with E-state index in [0.29, 0.717) is 32.6 Å². The van der Waals surface area contributed by atoms with Crippen LogP contribution < -0.4 is 5.32 Å². The van der Waals surface area contributed by atoms with Gasteiger partial charge in [-0.2, -0.15) is 0 Å². The lowest BCUT2D eigenvalue weighted by Crippen LogP contribution is -2.42. The molecule has 0 radical (unpaired) electrons. The zero-order valence-electron chi connectivity index (χ0n) is 19.3. The summed E-state index contributed by atoms with van der Waals surface area (Å²) in [6, 6.07) is 16.7. The van der Waals surface area contributed by atoms with Gasteiger partial charge in [-0.1, -0.05) is 61.0 Å². The van der Waals surface area contributed by atoms with E-state index >= 15 is 0 Å². The third-order valence-electron chi connectivity index (χ3n) is 5.86. The van der Waals surface area contributed by atoms with Crippen LogP contribution in [0.4, 0.5) is 0 Å². The Kier molecular flexibility index (Phi) is 8.03. The molecule has 170 valence electrons. The molecule has 1 aliphatic rings. The molecule has 3 amide bonds. The van der Waals surface area contributed by atoms with Crippen LogP contribution in [0.1, 0.15) is 31.4 Å². The Morgan fingerprint density at radius 2 is 1.81 bits per heavy atom. The molecule has 2 aromatic carbocycles. The Bertz CT molecular complexity index is 955. The number of nitrogens with one attached hydrogen (secondary N) is 1. The van der Waals surface area contributed by atoms with Gasteiger partial charge in [-0.3, -0.25) is 14.4 Å².